The van der Waals surface area contributed by atoms with E-state index >= 15 is 0 Å². The van der Waals surface area contributed by atoms with Gasteiger partial charge in [-0.3, -0.25) is 19.3 Å². The molecule has 1 atom stereocenters. The highest BCUT2D eigenvalue weighted by molar-refractivity contribution is 5.82. The van der Waals surface area contributed by atoms with Crippen LogP contribution in [-0.2, 0) is 19.1 Å². The monoisotopic (exact) mass is 407 g/mol. The first kappa shape index (κ1) is 27.9. The van der Waals surface area contributed by atoms with Gasteiger partial charge in [0.2, 0.25) is 5.91 Å². The fraction of sp³-hybridized carbons (Fsp3) is 0.778. The third-order valence-corrected chi connectivity index (χ3v) is 3.14. The maximum Gasteiger partial charge on any atom is 0.407 e. The van der Waals surface area contributed by atoms with Gasteiger partial charge in [-0.2, -0.15) is 0 Å². The van der Waals surface area contributed by atoms with Gasteiger partial charge < -0.3 is 25.6 Å². The van der Waals surface area contributed by atoms with Crippen LogP contribution in [0.4, 0.5) is 4.79 Å². The second kappa shape index (κ2) is 14.7. The molecular weight excluding hydrogens is 372 g/mol. The minimum Gasteiger partial charge on any atom is -0.481 e. The van der Waals surface area contributed by atoms with Crippen molar-refractivity contribution in [1.29, 1.82) is 0 Å². The summed E-state index contributed by atoms with van der Waals surface area (Å²) in [7, 11) is 3.61. The summed E-state index contributed by atoms with van der Waals surface area (Å²) in [5, 5.41) is 21.3. The summed E-state index contributed by atoms with van der Waals surface area (Å²) in [6.45, 7) is 7.10. The van der Waals surface area contributed by atoms with Crippen LogP contribution < -0.4 is 10.6 Å². The first-order chi connectivity index (χ1) is 12.8. The Hall–Kier alpha value is -2.36. The summed E-state index contributed by atoms with van der Waals surface area (Å²) < 4.78 is 5.14. The van der Waals surface area contributed by atoms with Crippen LogP contribution in [0.2, 0.25) is 0 Å². The van der Waals surface area contributed by atoms with Gasteiger partial charge in [0, 0.05) is 20.0 Å². The van der Waals surface area contributed by atoms with E-state index < -0.39 is 23.6 Å². The van der Waals surface area contributed by atoms with Crippen LogP contribution in [0.1, 0.15) is 53.4 Å². The number of carbonyl (C=O) groups is 4. The van der Waals surface area contributed by atoms with E-state index in [9.17, 15) is 14.4 Å². The number of nitrogens with zero attached hydrogens (tertiary/aromatic N) is 1. The average Bonchev–Trinajstić information content (AvgIpc) is 2.47. The quantitative estimate of drug-likeness (QED) is 0.313. The molecule has 164 valence electrons. The molecule has 10 heteroatoms. The van der Waals surface area contributed by atoms with Crippen molar-refractivity contribution < 1.29 is 34.1 Å². The zero-order chi connectivity index (χ0) is 22.3. The number of unbranched alkanes of at least 4 members (excludes halogenated alkanes) is 1. The number of aliphatic carboxylic acids is 2. The smallest absolute Gasteiger partial charge is 0.407 e. The predicted molar refractivity (Wildman–Crippen MR) is 104 cm³/mol. The molecule has 10 nitrogen and oxygen atoms in total. The highest BCUT2D eigenvalue weighted by Gasteiger charge is 2.20. The molecule has 0 spiro atoms. The topological polar surface area (TPSA) is 145 Å². The Bertz CT molecular complexity index is 498. The molecule has 1 unspecified atom stereocenters. The Balaban J connectivity index is 0. The Labute approximate surface area is 166 Å². The fourth-order valence-corrected chi connectivity index (χ4v) is 2.00. The Morgan fingerprint density at radius 1 is 1.00 bits per heavy atom. The molecule has 0 bridgehead atoms. The number of carbonyl (C=O) groups excluding carboxylic acids is 2. The summed E-state index contributed by atoms with van der Waals surface area (Å²) in [4.78, 5) is 44.8. The van der Waals surface area contributed by atoms with Crippen LogP contribution in [0.15, 0.2) is 0 Å². The lowest BCUT2D eigenvalue weighted by molar-refractivity contribution is -0.137. The number of alkyl carbamates (subject to hydrolysis) is 1. The van der Waals surface area contributed by atoms with Crippen molar-refractivity contribution in [3.63, 3.8) is 0 Å². The summed E-state index contributed by atoms with van der Waals surface area (Å²) in [5.74, 6) is -1.95. The summed E-state index contributed by atoms with van der Waals surface area (Å²) in [5.41, 5.74) is -0.520. The van der Waals surface area contributed by atoms with Gasteiger partial charge in [-0.1, -0.05) is 0 Å². The second-order valence-corrected chi connectivity index (χ2v) is 7.36. The SMILES string of the molecule is CC(=O)O.CC(C)(C)OC(=O)NCCCCC(C(=O)NCCC(=O)O)N([13CH3])[13CH3]. The zero-order valence-corrected chi connectivity index (χ0v) is 17.7. The van der Waals surface area contributed by atoms with Gasteiger partial charge in [-0.15, -0.1) is 0 Å². The van der Waals surface area contributed by atoms with Crippen LogP contribution in [0.25, 0.3) is 0 Å². The molecule has 0 aromatic heterocycles. The molecule has 0 heterocycles. The summed E-state index contributed by atoms with van der Waals surface area (Å²) >= 11 is 0. The Kier molecular flexibility index (Phi) is 14.6. The molecule has 28 heavy (non-hydrogen) atoms. The van der Waals surface area contributed by atoms with Crippen molar-refractivity contribution in [2.45, 2.75) is 65.0 Å². The van der Waals surface area contributed by atoms with E-state index in [-0.39, 0.29) is 24.9 Å². The maximum atomic E-state index is 12.1. The average molecular weight is 407 g/mol. The first-order valence-electron chi connectivity index (χ1n) is 9.08. The van der Waals surface area contributed by atoms with E-state index in [0.29, 0.717) is 13.0 Å². The van der Waals surface area contributed by atoms with E-state index in [0.717, 1.165) is 19.8 Å². The van der Waals surface area contributed by atoms with E-state index in [4.69, 9.17) is 19.7 Å². The molecule has 4 N–H and O–H groups in total. The van der Waals surface area contributed by atoms with Gasteiger partial charge in [-0.05, 0) is 54.1 Å². The molecule has 0 fully saturated rings. The van der Waals surface area contributed by atoms with Crippen molar-refractivity contribution in [3.8, 4) is 0 Å². The lowest BCUT2D eigenvalue weighted by atomic mass is 10.1. The third kappa shape index (κ3) is 20.0. The van der Waals surface area contributed by atoms with Crippen molar-refractivity contribution in [3.05, 3.63) is 0 Å². The minimum atomic E-state index is -0.940. The minimum absolute atomic E-state index is 0.0916. The molecule has 0 aromatic rings. The van der Waals surface area contributed by atoms with Crippen molar-refractivity contribution in [2.75, 3.05) is 27.2 Å². The van der Waals surface area contributed by atoms with Gasteiger partial charge in [0.15, 0.2) is 0 Å². The highest BCUT2D eigenvalue weighted by Crippen LogP contribution is 2.08. The number of hydrogen-bond donors (Lipinski definition) is 4. The molecular formula is C18H35N3O7. The molecule has 0 aliphatic rings. The van der Waals surface area contributed by atoms with E-state index in [1.165, 1.54) is 0 Å². The number of carboxylic acid groups (broad SMARTS) is 2. The standard InChI is InChI=1S/C16H31N3O5.C2H4O2/c1-16(2,3)24-15(23)18-10-7-6-8-12(19(4)5)14(22)17-11-9-13(20)21;1-2(3)4/h12H,6-11H2,1-5H3,(H,17,22)(H,18,23)(H,20,21);1H3,(H,3,4)/i4+1,5+1;. The van der Waals surface area contributed by atoms with Crippen molar-refractivity contribution in [2.24, 2.45) is 0 Å². The van der Waals surface area contributed by atoms with Gasteiger partial charge in [0.25, 0.3) is 5.97 Å². The Morgan fingerprint density at radius 2 is 1.54 bits per heavy atom. The number of nitrogens with one attached hydrogen (secondary N) is 2. The van der Waals surface area contributed by atoms with Gasteiger partial charge in [-0.25, -0.2) is 4.79 Å². The number of rotatable bonds is 10. The zero-order valence-electron chi connectivity index (χ0n) is 17.7. The summed E-state index contributed by atoms with van der Waals surface area (Å²) in [6.07, 6.45) is 1.57. The molecule has 0 saturated heterocycles. The van der Waals surface area contributed by atoms with Gasteiger partial charge in [0.1, 0.15) is 5.60 Å². The van der Waals surface area contributed by atoms with E-state index in [1.807, 2.05) is 0 Å². The highest BCUT2D eigenvalue weighted by atomic mass is 16.6. The molecule has 0 aliphatic carbocycles. The second-order valence-electron chi connectivity index (χ2n) is 7.36. The third-order valence-electron chi connectivity index (χ3n) is 3.14. The number of carboxylic acids is 2. The lowest BCUT2D eigenvalue weighted by Crippen LogP contribution is -2.44. The largest absolute Gasteiger partial charge is 0.481 e. The summed E-state index contributed by atoms with van der Waals surface area (Å²) in [6, 6.07) is -0.319. The van der Waals surface area contributed by atoms with E-state index in [2.05, 4.69) is 10.6 Å². The number of ether oxygens (including phenoxy) is 1. The molecule has 0 aliphatic heterocycles. The van der Waals surface area contributed by atoms with Crippen LogP contribution in [-0.4, -0.2) is 77.9 Å². The molecule has 0 aromatic carbocycles. The molecule has 0 saturated carbocycles. The van der Waals surface area contributed by atoms with Crippen molar-refractivity contribution in [1.82, 2.24) is 15.5 Å². The predicted octanol–water partition coefficient (Wildman–Crippen LogP) is 1.29. The first-order valence-corrected chi connectivity index (χ1v) is 9.08. The normalized spacial score (nSPS) is 11.7. The van der Waals surface area contributed by atoms with Crippen LogP contribution in [0, 0.1) is 0 Å². The van der Waals surface area contributed by atoms with Gasteiger partial charge >= 0.3 is 12.1 Å². The Morgan fingerprint density at radius 3 is 1.96 bits per heavy atom. The van der Waals surface area contributed by atoms with Crippen molar-refractivity contribution >= 4 is 23.9 Å². The maximum absolute atomic E-state index is 12.1. The van der Waals surface area contributed by atoms with Crippen LogP contribution in [0.3, 0.4) is 0 Å². The number of amides is 2. The van der Waals surface area contributed by atoms with E-state index in [1.54, 1.807) is 39.8 Å². The molecule has 0 radical (unpaired) electrons. The molecule has 2 amide bonds. The van der Waals surface area contributed by atoms with Crippen LogP contribution >= 0.6 is 0 Å². The van der Waals surface area contributed by atoms with Gasteiger partial charge in [0.05, 0.1) is 12.5 Å². The van der Waals surface area contributed by atoms with Crippen LogP contribution in [0.5, 0.6) is 0 Å². The fourth-order valence-electron chi connectivity index (χ4n) is 2.00. The lowest BCUT2D eigenvalue weighted by Gasteiger charge is -2.23. The molecule has 0 rings (SSSR count). The number of hydrogen-bond acceptors (Lipinski definition) is 6. The number of likely N-dealkylation sites (N-methyl/N-ethyl adjacent to an activating group) is 1.